The third kappa shape index (κ3) is 2.56. The van der Waals surface area contributed by atoms with Crippen LogP contribution in [0.4, 0.5) is 5.69 Å². The summed E-state index contributed by atoms with van der Waals surface area (Å²) in [4.78, 5) is 0. The van der Waals surface area contributed by atoms with Gasteiger partial charge in [-0.3, -0.25) is 0 Å². The molecule has 102 valence electrons. The molecule has 0 aliphatic carbocycles. The lowest BCUT2D eigenvalue weighted by atomic mass is 10.00. The molecule has 0 amide bonds. The van der Waals surface area contributed by atoms with Gasteiger partial charge in [-0.05, 0) is 24.8 Å². The van der Waals surface area contributed by atoms with Crippen LogP contribution in [-0.2, 0) is 4.74 Å². The summed E-state index contributed by atoms with van der Waals surface area (Å²) < 4.78 is 5.36. The number of hydrogen-bond acceptors (Lipinski definition) is 5. The molecule has 1 aliphatic rings. The average molecular weight is 268 g/mol. The lowest BCUT2D eigenvalue weighted by Gasteiger charge is -2.23. The van der Waals surface area contributed by atoms with E-state index >= 15 is 0 Å². The standard InChI is InChI=1S/C15H16N4O/c16-9-14-15(17-10-11-5-7-20-8-6-11)12-3-1-2-4-13(12)18-19-14/h1-4,11H,5-8,10H2,(H,17,18). The normalized spacial score (nSPS) is 15.9. The Kier molecular flexibility index (Phi) is 3.75. The van der Waals surface area contributed by atoms with E-state index in [4.69, 9.17) is 4.74 Å². The van der Waals surface area contributed by atoms with Crippen molar-refractivity contribution in [2.75, 3.05) is 25.1 Å². The van der Waals surface area contributed by atoms with E-state index in [0.29, 0.717) is 11.6 Å². The van der Waals surface area contributed by atoms with E-state index in [-0.39, 0.29) is 0 Å². The van der Waals surface area contributed by atoms with Gasteiger partial charge in [0.15, 0.2) is 5.69 Å². The van der Waals surface area contributed by atoms with Crippen LogP contribution >= 0.6 is 0 Å². The predicted octanol–water partition coefficient (Wildman–Crippen LogP) is 2.34. The minimum atomic E-state index is 0.357. The highest BCUT2D eigenvalue weighted by atomic mass is 16.5. The second kappa shape index (κ2) is 5.85. The summed E-state index contributed by atoms with van der Waals surface area (Å²) >= 11 is 0. The molecule has 0 bridgehead atoms. The largest absolute Gasteiger partial charge is 0.382 e. The highest BCUT2D eigenvalue weighted by Gasteiger charge is 2.16. The second-order valence-corrected chi connectivity index (χ2v) is 4.99. The molecule has 3 rings (SSSR count). The van der Waals surface area contributed by atoms with Crippen molar-refractivity contribution in [2.24, 2.45) is 5.92 Å². The summed E-state index contributed by atoms with van der Waals surface area (Å²) in [6.07, 6.45) is 2.12. The van der Waals surface area contributed by atoms with Crippen molar-refractivity contribution in [2.45, 2.75) is 12.8 Å². The first-order valence-corrected chi connectivity index (χ1v) is 6.85. The molecule has 1 N–H and O–H groups in total. The maximum Gasteiger partial charge on any atom is 0.186 e. The van der Waals surface area contributed by atoms with Crippen LogP contribution in [-0.4, -0.2) is 30.0 Å². The molecule has 5 nitrogen and oxygen atoms in total. The molecule has 1 aliphatic heterocycles. The lowest BCUT2D eigenvalue weighted by Crippen LogP contribution is -2.23. The van der Waals surface area contributed by atoms with Crippen molar-refractivity contribution < 1.29 is 4.74 Å². The Balaban J connectivity index is 1.87. The van der Waals surface area contributed by atoms with Gasteiger partial charge in [0, 0.05) is 25.1 Å². The number of aromatic nitrogens is 2. The second-order valence-electron chi connectivity index (χ2n) is 4.99. The van der Waals surface area contributed by atoms with Crippen LogP contribution in [0.2, 0.25) is 0 Å². The maximum atomic E-state index is 9.20. The van der Waals surface area contributed by atoms with E-state index in [1.807, 2.05) is 24.3 Å². The van der Waals surface area contributed by atoms with Gasteiger partial charge in [-0.25, -0.2) is 0 Å². The van der Waals surface area contributed by atoms with E-state index in [1.54, 1.807) is 0 Å². The van der Waals surface area contributed by atoms with Crippen LogP contribution in [0.15, 0.2) is 24.3 Å². The molecule has 2 aromatic rings. The van der Waals surface area contributed by atoms with E-state index in [9.17, 15) is 5.26 Å². The van der Waals surface area contributed by atoms with Gasteiger partial charge in [-0.1, -0.05) is 18.2 Å². The monoisotopic (exact) mass is 268 g/mol. The molecule has 1 aromatic carbocycles. The zero-order chi connectivity index (χ0) is 13.8. The van der Waals surface area contributed by atoms with Gasteiger partial charge in [-0.2, -0.15) is 5.26 Å². The van der Waals surface area contributed by atoms with Gasteiger partial charge in [0.25, 0.3) is 0 Å². The van der Waals surface area contributed by atoms with Gasteiger partial charge in [0.1, 0.15) is 6.07 Å². The Morgan fingerprint density at radius 1 is 1.25 bits per heavy atom. The molecule has 0 atom stereocenters. The average Bonchev–Trinajstić information content (AvgIpc) is 2.53. The third-order valence-electron chi connectivity index (χ3n) is 3.68. The highest BCUT2D eigenvalue weighted by molar-refractivity contribution is 5.92. The zero-order valence-corrected chi connectivity index (χ0v) is 11.2. The summed E-state index contributed by atoms with van der Waals surface area (Å²) in [5.41, 5.74) is 1.96. The van der Waals surface area contributed by atoms with Crippen molar-refractivity contribution in [1.82, 2.24) is 10.2 Å². The van der Waals surface area contributed by atoms with Crippen LogP contribution in [0.3, 0.4) is 0 Å². The number of ether oxygens (including phenoxy) is 1. The first-order valence-electron chi connectivity index (χ1n) is 6.85. The lowest BCUT2D eigenvalue weighted by molar-refractivity contribution is 0.0699. The molecule has 1 saturated heterocycles. The summed E-state index contributed by atoms with van der Waals surface area (Å²) in [5.74, 6) is 0.585. The molecule has 2 heterocycles. The topological polar surface area (TPSA) is 70.8 Å². The zero-order valence-electron chi connectivity index (χ0n) is 11.2. The summed E-state index contributed by atoms with van der Waals surface area (Å²) in [7, 11) is 0. The quantitative estimate of drug-likeness (QED) is 0.925. The van der Waals surface area contributed by atoms with Crippen molar-refractivity contribution in [3.63, 3.8) is 0 Å². The van der Waals surface area contributed by atoms with Gasteiger partial charge < -0.3 is 10.1 Å². The SMILES string of the molecule is N#Cc1nnc2ccccc2c1NCC1CCOCC1. The molecule has 1 aromatic heterocycles. The first kappa shape index (κ1) is 12.8. The van der Waals surface area contributed by atoms with Crippen LogP contribution in [0.1, 0.15) is 18.5 Å². The van der Waals surface area contributed by atoms with E-state index < -0.39 is 0 Å². The van der Waals surface area contributed by atoms with Gasteiger partial charge >= 0.3 is 0 Å². The van der Waals surface area contributed by atoms with E-state index in [0.717, 1.165) is 49.2 Å². The molecule has 0 spiro atoms. The Labute approximate surface area is 117 Å². The number of fused-ring (bicyclic) bond motifs is 1. The number of benzene rings is 1. The molecule has 1 fully saturated rings. The maximum absolute atomic E-state index is 9.20. The van der Waals surface area contributed by atoms with Crippen molar-refractivity contribution >= 4 is 16.6 Å². The van der Waals surface area contributed by atoms with Crippen LogP contribution in [0.5, 0.6) is 0 Å². The summed E-state index contributed by atoms with van der Waals surface area (Å²) in [6.45, 7) is 2.49. The van der Waals surface area contributed by atoms with E-state index in [2.05, 4.69) is 21.6 Å². The molecule has 20 heavy (non-hydrogen) atoms. The fraction of sp³-hybridized carbons (Fsp3) is 0.400. The molecule has 0 saturated carbocycles. The van der Waals surface area contributed by atoms with Crippen molar-refractivity contribution in [1.29, 1.82) is 5.26 Å². The van der Waals surface area contributed by atoms with E-state index in [1.165, 1.54) is 0 Å². The number of anilines is 1. The number of nitriles is 1. The Morgan fingerprint density at radius 3 is 2.85 bits per heavy atom. The van der Waals surface area contributed by atoms with Crippen LogP contribution < -0.4 is 5.32 Å². The molecule has 5 heteroatoms. The van der Waals surface area contributed by atoms with Crippen molar-refractivity contribution in [3.8, 4) is 6.07 Å². The molecule has 0 radical (unpaired) electrons. The van der Waals surface area contributed by atoms with Gasteiger partial charge in [-0.15, -0.1) is 10.2 Å². The number of nitrogens with one attached hydrogen (secondary N) is 1. The van der Waals surface area contributed by atoms with Crippen LogP contribution in [0.25, 0.3) is 10.9 Å². The number of hydrogen-bond donors (Lipinski definition) is 1. The van der Waals surface area contributed by atoms with Gasteiger partial charge in [0.2, 0.25) is 0 Å². The highest BCUT2D eigenvalue weighted by Crippen LogP contribution is 2.25. The minimum Gasteiger partial charge on any atom is -0.382 e. The molecule has 0 unspecified atom stereocenters. The summed E-state index contributed by atoms with van der Waals surface area (Å²) in [6, 6.07) is 9.86. The fourth-order valence-corrected chi connectivity index (χ4v) is 2.51. The number of rotatable bonds is 3. The minimum absolute atomic E-state index is 0.357. The Morgan fingerprint density at radius 2 is 2.05 bits per heavy atom. The summed E-state index contributed by atoms with van der Waals surface area (Å²) in [5, 5.41) is 21.6. The third-order valence-corrected chi connectivity index (χ3v) is 3.68. The van der Waals surface area contributed by atoms with Gasteiger partial charge in [0.05, 0.1) is 11.2 Å². The Hall–Kier alpha value is -2.19. The molecular formula is C15H16N4O. The Bertz CT molecular complexity index is 644. The number of nitrogens with zero attached hydrogens (tertiary/aromatic N) is 3. The predicted molar refractivity (Wildman–Crippen MR) is 76.3 cm³/mol. The smallest absolute Gasteiger partial charge is 0.186 e. The first-order chi connectivity index (χ1) is 9.88. The fourth-order valence-electron chi connectivity index (χ4n) is 2.51. The van der Waals surface area contributed by atoms with Crippen molar-refractivity contribution in [3.05, 3.63) is 30.0 Å². The van der Waals surface area contributed by atoms with Crippen LogP contribution in [0, 0.1) is 17.2 Å². The molecular weight excluding hydrogens is 252 g/mol.